The van der Waals surface area contributed by atoms with E-state index in [0.29, 0.717) is 16.5 Å². The Morgan fingerprint density at radius 3 is 2.42 bits per heavy atom. The molecule has 2 aromatic heterocycles. The molecule has 0 atom stereocenters. The minimum atomic E-state index is -0.368. The van der Waals surface area contributed by atoms with Crippen molar-refractivity contribution in [1.29, 1.82) is 0 Å². The molecule has 0 saturated heterocycles. The lowest BCUT2D eigenvalue weighted by atomic mass is 10.2. The van der Waals surface area contributed by atoms with Crippen molar-refractivity contribution in [3.05, 3.63) is 89.6 Å². The van der Waals surface area contributed by atoms with Crippen molar-refractivity contribution in [2.24, 2.45) is 0 Å². The molecule has 2 aromatic carbocycles. The van der Waals surface area contributed by atoms with Crippen molar-refractivity contribution in [3.63, 3.8) is 0 Å². The minimum absolute atomic E-state index is 0.191. The van der Waals surface area contributed by atoms with Crippen LogP contribution in [-0.4, -0.2) is 15.5 Å². The number of nitrogens with one attached hydrogen (secondary N) is 1. The second kappa shape index (κ2) is 6.61. The molecule has 0 aliphatic heterocycles. The fourth-order valence-corrected chi connectivity index (χ4v) is 2.92. The number of benzene rings is 2. The van der Waals surface area contributed by atoms with E-state index in [1.54, 1.807) is 30.6 Å². The van der Waals surface area contributed by atoms with Crippen LogP contribution >= 0.6 is 11.6 Å². The van der Waals surface area contributed by atoms with Gasteiger partial charge in [0.2, 0.25) is 0 Å². The number of carbonyl (C=O) groups excluding carboxylic acids is 1. The molecule has 0 fully saturated rings. The molecule has 6 heteroatoms. The van der Waals surface area contributed by atoms with Gasteiger partial charge in [-0.3, -0.25) is 9.36 Å². The zero-order valence-electron chi connectivity index (χ0n) is 13.5. The average molecular weight is 366 g/mol. The van der Waals surface area contributed by atoms with Crippen LogP contribution in [0.5, 0.6) is 0 Å². The third-order valence-corrected chi connectivity index (χ3v) is 4.11. The summed E-state index contributed by atoms with van der Waals surface area (Å²) in [5, 5.41) is 5.24. The molecule has 0 aliphatic rings. The van der Waals surface area contributed by atoms with Crippen molar-refractivity contribution in [2.45, 2.75) is 0 Å². The Morgan fingerprint density at radius 2 is 1.73 bits per heavy atom. The van der Waals surface area contributed by atoms with E-state index in [9.17, 15) is 9.18 Å². The van der Waals surface area contributed by atoms with Crippen LogP contribution in [0.3, 0.4) is 0 Å². The summed E-state index contributed by atoms with van der Waals surface area (Å²) in [6, 6.07) is 16.7. The monoisotopic (exact) mass is 365 g/mol. The second-order valence-electron chi connectivity index (χ2n) is 5.79. The van der Waals surface area contributed by atoms with Gasteiger partial charge in [-0.25, -0.2) is 9.37 Å². The molecule has 0 saturated carbocycles. The lowest BCUT2D eigenvalue weighted by Gasteiger charge is -2.08. The van der Waals surface area contributed by atoms with Crippen molar-refractivity contribution in [3.8, 4) is 0 Å². The van der Waals surface area contributed by atoms with Gasteiger partial charge in [0, 0.05) is 23.1 Å². The van der Waals surface area contributed by atoms with Crippen LogP contribution < -0.4 is 5.32 Å². The highest BCUT2D eigenvalue weighted by molar-refractivity contribution is 6.31. The van der Waals surface area contributed by atoms with Crippen molar-refractivity contribution >= 4 is 39.8 Å². The van der Waals surface area contributed by atoms with E-state index < -0.39 is 0 Å². The molecular formula is C20H13ClFN3O. The summed E-state index contributed by atoms with van der Waals surface area (Å²) in [6.45, 7) is 0. The predicted molar refractivity (Wildman–Crippen MR) is 101 cm³/mol. The zero-order valence-corrected chi connectivity index (χ0v) is 14.2. The third kappa shape index (κ3) is 3.30. The van der Waals surface area contributed by atoms with Gasteiger partial charge in [0.05, 0.1) is 0 Å². The SMILES string of the molecule is O=C(c1cc(Cl)cc(Nc2cccc(F)c2)n1)n1cc2ccccc2c1. The zero-order chi connectivity index (χ0) is 18.1. The summed E-state index contributed by atoms with van der Waals surface area (Å²) < 4.78 is 14.8. The van der Waals surface area contributed by atoms with E-state index in [1.807, 2.05) is 24.3 Å². The highest BCUT2D eigenvalue weighted by atomic mass is 35.5. The Bertz CT molecular complexity index is 1090. The summed E-state index contributed by atoms with van der Waals surface area (Å²) in [5.41, 5.74) is 0.710. The number of hydrogen-bond acceptors (Lipinski definition) is 3. The van der Waals surface area contributed by atoms with Crippen molar-refractivity contribution in [2.75, 3.05) is 5.32 Å². The van der Waals surface area contributed by atoms with Crippen LogP contribution in [0.2, 0.25) is 5.02 Å². The summed E-state index contributed by atoms with van der Waals surface area (Å²) in [6.07, 6.45) is 3.50. The summed E-state index contributed by atoms with van der Waals surface area (Å²) in [4.78, 5) is 17.1. The molecule has 0 amide bonds. The topological polar surface area (TPSA) is 46.9 Å². The van der Waals surface area contributed by atoms with Gasteiger partial charge >= 0.3 is 0 Å². The Hall–Kier alpha value is -3.18. The number of pyridine rings is 1. The van der Waals surface area contributed by atoms with Crippen LogP contribution in [0.1, 0.15) is 10.5 Å². The number of carbonyl (C=O) groups is 1. The summed E-state index contributed by atoms with van der Waals surface area (Å²) in [7, 11) is 0. The van der Waals surface area contributed by atoms with E-state index in [0.717, 1.165) is 10.8 Å². The van der Waals surface area contributed by atoms with Gasteiger partial charge in [0.1, 0.15) is 17.3 Å². The van der Waals surface area contributed by atoms with Crippen molar-refractivity contribution < 1.29 is 9.18 Å². The van der Waals surface area contributed by atoms with Gasteiger partial charge in [-0.05, 0) is 41.1 Å². The molecule has 0 aliphatic carbocycles. The molecule has 0 unspecified atom stereocenters. The normalized spacial score (nSPS) is 10.8. The van der Waals surface area contributed by atoms with Gasteiger partial charge < -0.3 is 5.32 Å². The number of aromatic nitrogens is 2. The van der Waals surface area contributed by atoms with Gasteiger partial charge in [-0.1, -0.05) is 41.9 Å². The fourth-order valence-electron chi connectivity index (χ4n) is 2.72. The lowest BCUT2D eigenvalue weighted by molar-refractivity contribution is 0.0956. The molecule has 0 spiro atoms. The first-order valence-corrected chi connectivity index (χ1v) is 8.28. The predicted octanol–water partition coefficient (Wildman–Crippen LogP) is 5.26. The first kappa shape index (κ1) is 16.3. The van der Waals surface area contributed by atoms with Gasteiger partial charge in [0.15, 0.2) is 0 Å². The lowest BCUT2D eigenvalue weighted by Crippen LogP contribution is -2.12. The van der Waals surface area contributed by atoms with Gasteiger partial charge in [0.25, 0.3) is 5.91 Å². The Morgan fingerprint density at radius 1 is 1.00 bits per heavy atom. The van der Waals surface area contributed by atoms with Crippen LogP contribution in [0, 0.1) is 5.82 Å². The van der Waals surface area contributed by atoms with Crippen LogP contribution in [0.4, 0.5) is 15.9 Å². The quantitative estimate of drug-likeness (QED) is 0.538. The van der Waals surface area contributed by atoms with Crippen LogP contribution in [0.25, 0.3) is 10.8 Å². The second-order valence-corrected chi connectivity index (χ2v) is 6.23. The highest BCUT2D eigenvalue weighted by Crippen LogP contribution is 2.22. The summed E-state index contributed by atoms with van der Waals surface area (Å²) in [5.74, 6) is -0.304. The van der Waals surface area contributed by atoms with E-state index in [2.05, 4.69) is 10.3 Å². The maximum Gasteiger partial charge on any atom is 0.280 e. The molecule has 4 rings (SSSR count). The molecule has 26 heavy (non-hydrogen) atoms. The van der Waals surface area contributed by atoms with Crippen LogP contribution in [-0.2, 0) is 0 Å². The molecular weight excluding hydrogens is 353 g/mol. The van der Waals surface area contributed by atoms with Gasteiger partial charge in [-0.15, -0.1) is 0 Å². The van der Waals surface area contributed by atoms with Crippen molar-refractivity contribution in [1.82, 2.24) is 9.55 Å². The molecule has 1 N–H and O–H groups in total. The average Bonchev–Trinajstić information content (AvgIpc) is 3.04. The third-order valence-electron chi connectivity index (χ3n) is 3.89. The Kier molecular flexibility index (Phi) is 4.14. The molecule has 4 aromatic rings. The standard InChI is InChI=1S/C20H13ClFN3O/c21-15-8-18(20(26)25-11-13-4-1-2-5-14(13)12-25)24-19(9-15)23-17-7-3-6-16(22)10-17/h1-12H,(H,23,24). The molecule has 4 nitrogen and oxygen atoms in total. The molecule has 128 valence electrons. The smallest absolute Gasteiger partial charge is 0.280 e. The van der Waals surface area contributed by atoms with Gasteiger partial charge in [-0.2, -0.15) is 0 Å². The molecule has 0 bridgehead atoms. The highest BCUT2D eigenvalue weighted by Gasteiger charge is 2.13. The number of anilines is 2. The van der Waals surface area contributed by atoms with Crippen LogP contribution in [0.15, 0.2) is 73.1 Å². The van der Waals surface area contributed by atoms with E-state index in [4.69, 9.17) is 11.6 Å². The number of hydrogen-bond donors (Lipinski definition) is 1. The van der Waals surface area contributed by atoms with E-state index >= 15 is 0 Å². The fraction of sp³-hybridized carbons (Fsp3) is 0. The van der Waals surface area contributed by atoms with E-state index in [1.165, 1.54) is 22.8 Å². The van der Waals surface area contributed by atoms with E-state index in [-0.39, 0.29) is 17.4 Å². The maximum atomic E-state index is 13.3. The minimum Gasteiger partial charge on any atom is -0.340 e. The Balaban J connectivity index is 1.67. The summed E-state index contributed by atoms with van der Waals surface area (Å²) >= 11 is 6.14. The Labute approximate surface area is 153 Å². The molecule has 0 radical (unpaired) electrons. The number of halogens is 2. The first-order chi connectivity index (χ1) is 12.6. The number of fused-ring (bicyclic) bond motifs is 1. The number of rotatable bonds is 3. The number of nitrogens with zero attached hydrogens (tertiary/aromatic N) is 2. The largest absolute Gasteiger partial charge is 0.340 e. The maximum absolute atomic E-state index is 13.3. The first-order valence-electron chi connectivity index (χ1n) is 7.90. The molecule has 2 heterocycles.